The smallest absolute Gasteiger partial charge is 0.416 e. The average molecular weight is 438 g/mol. The number of carbonyl (C=O) groups is 3. The first-order valence-electron chi connectivity index (χ1n) is 11.0. The Morgan fingerprint density at radius 3 is 2.28 bits per heavy atom. The molecule has 6 heteroatoms. The molecule has 1 aliphatic rings. The topological polar surface area (TPSA) is 72.9 Å². The maximum Gasteiger partial charge on any atom is 0.416 e. The predicted molar refractivity (Wildman–Crippen MR) is 121 cm³/mol. The van der Waals surface area contributed by atoms with Gasteiger partial charge in [0.05, 0.1) is 12.5 Å². The summed E-state index contributed by atoms with van der Waals surface area (Å²) in [7, 11) is 0. The first kappa shape index (κ1) is 23.5. The number of hydrogen-bond acceptors (Lipinski definition) is 5. The highest BCUT2D eigenvalue weighted by atomic mass is 16.6. The highest BCUT2D eigenvalue weighted by molar-refractivity contribution is 5.94. The van der Waals surface area contributed by atoms with E-state index in [0.717, 1.165) is 16.7 Å². The van der Waals surface area contributed by atoms with Gasteiger partial charge < -0.3 is 9.47 Å². The summed E-state index contributed by atoms with van der Waals surface area (Å²) >= 11 is 0. The van der Waals surface area contributed by atoms with Crippen LogP contribution >= 0.6 is 0 Å². The first-order chi connectivity index (χ1) is 15.1. The van der Waals surface area contributed by atoms with Gasteiger partial charge in [0.2, 0.25) is 5.91 Å². The number of hydrogen-bond donors (Lipinski definition) is 0. The van der Waals surface area contributed by atoms with Crippen molar-refractivity contribution >= 4 is 18.0 Å². The molecule has 1 saturated heterocycles. The molecule has 3 rings (SSSR count). The zero-order valence-corrected chi connectivity index (χ0v) is 19.2. The van der Waals surface area contributed by atoms with E-state index in [9.17, 15) is 14.4 Å². The van der Waals surface area contributed by atoms with E-state index in [-0.39, 0.29) is 36.9 Å². The summed E-state index contributed by atoms with van der Waals surface area (Å²) in [6.45, 7) is 7.56. The van der Waals surface area contributed by atoms with Gasteiger partial charge in [-0.2, -0.15) is 0 Å². The fourth-order valence-electron chi connectivity index (χ4n) is 3.78. The first-order valence-corrected chi connectivity index (χ1v) is 11.0. The van der Waals surface area contributed by atoms with Crippen LogP contribution in [-0.2, 0) is 38.3 Å². The molecule has 32 heavy (non-hydrogen) atoms. The number of benzene rings is 2. The minimum Gasteiger partial charge on any atom is -0.460 e. The summed E-state index contributed by atoms with van der Waals surface area (Å²) in [5.41, 5.74) is 2.36. The molecule has 1 heterocycles. The van der Waals surface area contributed by atoms with Crippen molar-refractivity contribution in [2.45, 2.75) is 58.6 Å². The van der Waals surface area contributed by atoms with E-state index in [0.29, 0.717) is 12.8 Å². The average Bonchev–Trinajstić information content (AvgIpc) is 3.08. The molecule has 2 aromatic carbocycles. The van der Waals surface area contributed by atoms with Crippen LogP contribution in [0.3, 0.4) is 0 Å². The highest BCUT2D eigenvalue weighted by Gasteiger charge is 2.39. The van der Waals surface area contributed by atoms with Crippen LogP contribution in [0.25, 0.3) is 0 Å². The van der Waals surface area contributed by atoms with Gasteiger partial charge in [-0.05, 0) is 50.3 Å². The van der Waals surface area contributed by atoms with Gasteiger partial charge in [-0.25, -0.2) is 9.69 Å². The number of carbonyl (C=O) groups excluding carboxylic acids is 3. The van der Waals surface area contributed by atoms with Crippen LogP contribution in [-0.4, -0.2) is 41.1 Å². The Kier molecular flexibility index (Phi) is 7.33. The summed E-state index contributed by atoms with van der Waals surface area (Å²) in [6.07, 6.45) is 0.695. The molecule has 0 radical (unpaired) electrons. The van der Waals surface area contributed by atoms with E-state index in [4.69, 9.17) is 9.47 Å². The second-order valence-electron chi connectivity index (χ2n) is 9.31. The Morgan fingerprint density at radius 1 is 1.03 bits per heavy atom. The number of rotatable bonds is 7. The van der Waals surface area contributed by atoms with Crippen LogP contribution in [0.2, 0.25) is 0 Å². The SMILES string of the molecule is C[C@H](Cc1ccc(CC(=O)OC(C)(C)C)cc1)C(=O)N1C(=O)OC[C@@H]1Cc1ccccc1. The molecule has 0 saturated carbocycles. The molecule has 1 aliphatic heterocycles. The van der Waals surface area contributed by atoms with E-state index in [1.54, 1.807) is 0 Å². The molecule has 0 unspecified atom stereocenters. The fourth-order valence-corrected chi connectivity index (χ4v) is 3.78. The molecule has 0 spiro atoms. The molecule has 0 bridgehead atoms. The lowest BCUT2D eigenvalue weighted by Crippen LogP contribution is -2.43. The van der Waals surface area contributed by atoms with Crippen molar-refractivity contribution in [1.82, 2.24) is 4.90 Å². The maximum absolute atomic E-state index is 13.1. The third-order valence-electron chi connectivity index (χ3n) is 5.27. The van der Waals surface area contributed by atoms with Crippen LogP contribution in [0, 0.1) is 5.92 Å². The van der Waals surface area contributed by atoms with Gasteiger partial charge >= 0.3 is 12.1 Å². The van der Waals surface area contributed by atoms with Crippen molar-refractivity contribution in [1.29, 1.82) is 0 Å². The summed E-state index contributed by atoms with van der Waals surface area (Å²) in [4.78, 5) is 38.6. The van der Waals surface area contributed by atoms with Gasteiger partial charge in [-0.15, -0.1) is 0 Å². The van der Waals surface area contributed by atoms with Crippen LogP contribution in [0.4, 0.5) is 4.79 Å². The monoisotopic (exact) mass is 437 g/mol. The minimum absolute atomic E-state index is 0.201. The van der Waals surface area contributed by atoms with Crippen LogP contribution in [0.15, 0.2) is 54.6 Å². The molecule has 6 nitrogen and oxygen atoms in total. The zero-order chi connectivity index (χ0) is 23.3. The molecule has 2 atom stereocenters. The molecular formula is C26H31NO5. The Labute approximate surface area is 189 Å². The molecule has 2 amide bonds. The summed E-state index contributed by atoms with van der Waals surface area (Å²) in [5, 5.41) is 0. The van der Waals surface area contributed by atoms with E-state index < -0.39 is 11.7 Å². The van der Waals surface area contributed by atoms with Crippen molar-refractivity contribution in [2.75, 3.05) is 6.61 Å². The third kappa shape index (κ3) is 6.42. The third-order valence-corrected chi connectivity index (χ3v) is 5.27. The van der Waals surface area contributed by atoms with E-state index in [1.807, 2.05) is 82.3 Å². The molecule has 2 aromatic rings. The van der Waals surface area contributed by atoms with Crippen molar-refractivity contribution in [2.24, 2.45) is 5.92 Å². The Hall–Kier alpha value is -3.15. The quantitative estimate of drug-likeness (QED) is 0.603. The van der Waals surface area contributed by atoms with Crippen molar-refractivity contribution in [3.05, 3.63) is 71.3 Å². The lowest BCUT2D eigenvalue weighted by atomic mass is 9.97. The maximum atomic E-state index is 13.1. The number of cyclic esters (lactones) is 1. The number of ether oxygens (including phenoxy) is 2. The summed E-state index contributed by atoms with van der Waals surface area (Å²) in [6, 6.07) is 17.0. The van der Waals surface area contributed by atoms with Crippen molar-refractivity contribution in [3.63, 3.8) is 0 Å². The molecular weight excluding hydrogens is 406 g/mol. The molecule has 0 aromatic heterocycles. The normalized spacial score (nSPS) is 17.1. The van der Waals surface area contributed by atoms with Crippen LogP contribution in [0.5, 0.6) is 0 Å². The van der Waals surface area contributed by atoms with Crippen LogP contribution < -0.4 is 0 Å². The number of nitrogens with zero attached hydrogens (tertiary/aromatic N) is 1. The van der Waals surface area contributed by atoms with Gasteiger partial charge in [-0.1, -0.05) is 61.5 Å². The van der Waals surface area contributed by atoms with Gasteiger partial charge in [-0.3, -0.25) is 9.59 Å². The molecule has 0 aliphatic carbocycles. The van der Waals surface area contributed by atoms with E-state index in [2.05, 4.69) is 0 Å². The highest BCUT2D eigenvalue weighted by Crippen LogP contribution is 2.22. The van der Waals surface area contributed by atoms with Crippen molar-refractivity contribution in [3.8, 4) is 0 Å². The van der Waals surface area contributed by atoms with Crippen molar-refractivity contribution < 1.29 is 23.9 Å². The number of amides is 2. The number of imide groups is 1. The zero-order valence-electron chi connectivity index (χ0n) is 19.2. The van der Waals surface area contributed by atoms with Crippen LogP contribution in [0.1, 0.15) is 44.4 Å². The van der Waals surface area contributed by atoms with Gasteiger partial charge in [0.1, 0.15) is 12.2 Å². The van der Waals surface area contributed by atoms with Gasteiger partial charge in [0.25, 0.3) is 0 Å². The van der Waals surface area contributed by atoms with Gasteiger partial charge in [0.15, 0.2) is 0 Å². The Morgan fingerprint density at radius 2 is 1.66 bits per heavy atom. The van der Waals surface area contributed by atoms with E-state index >= 15 is 0 Å². The van der Waals surface area contributed by atoms with E-state index in [1.165, 1.54) is 4.90 Å². The standard InChI is InChI=1S/C26H31NO5/c1-18(14-20-10-12-21(13-11-20)16-23(28)32-26(2,3)4)24(29)27-22(17-31-25(27)30)15-19-8-6-5-7-9-19/h5-13,18,22H,14-17H2,1-4H3/t18-,22+/m1/s1. The molecule has 0 N–H and O–H groups in total. The molecule has 170 valence electrons. The number of esters is 1. The lowest BCUT2D eigenvalue weighted by molar-refractivity contribution is -0.153. The van der Waals surface area contributed by atoms with Gasteiger partial charge in [0, 0.05) is 5.92 Å². The Bertz CT molecular complexity index is 946. The molecule has 1 fully saturated rings. The predicted octanol–water partition coefficient (Wildman–Crippen LogP) is 4.34. The Balaban J connectivity index is 1.59. The summed E-state index contributed by atoms with van der Waals surface area (Å²) < 4.78 is 10.5. The fraction of sp³-hybridized carbons (Fsp3) is 0.423. The lowest BCUT2D eigenvalue weighted by Gasteiger charge is -2.23. The minimum atomic E-state index is -0.574. The second kappa shape index (κ2) is 9.98. The summed E-state index contributed by atoms with van der Waals surface area (Å²) in [5.74, 6) is -0.882. The second-order valence-corrected chi connectivity index (χ2v) is 9.31. The largest absolute Gasteiger partial charge is 0.460 e.